The Hall–Kier alpha value is -1.07. The van der Waals surface area contributed by atoms with Crippen molar-refractivity contribution in [2.75, 3.05) is 19.7 Å². The second-order valence-corrected chi connectivity index (χ2v) is 9.20. The van der Waals surface area contributed by atoms with E-state index in [-0.39, 0.29) is 0 Å². The lowest BCUT2D eigenvalue weighted by Crippen LogP contribution is -2.35. The predicted molar refractivity (Wildman–Crippen MR) is 107 cm³/mol. The minimum Gasteiger partial charge on any atom is -0.494 e. The largest absolute Gasteiger partial charge is 0.494 e. The molecule has 0 unspecified atom stereocenters. The molecule has 26 heavy (non-hydrogen) atoms. The summed E-state index contributed by atoms with van der Waals surface area (Å²) < 4.78 is 32.6. The number of hydrogen-bond acceptors (Lipinski definition) is 3. The van der Waals surface area contributed by atoms with Gasteiger partial charge < -0.3 is 4.74 Å². The van der Waals surface area contributed by atoms with E-state index in [1.165, 1.54) is 44.9 Å². The van der Waals surface area contributed by atoms with Crippen molar-refractivity contribution in [2.45, 2.75) is 82.4 Å². The molecule has 0 saturated carbocycles. The van der Waals surface area contributed by atoms with Crippen molar-refractivity contribution >= 4 is 10.0 Å². The standard InChI is InChI=1S/C21H35NO3S/c1-2-3-4-5-6-7-8-12-19-25-20-13-15-21(16-14-20)26(23,24)22-17-10-9-11-18-22/h13-16H,2-12,17-19H2,1H3. The van der Waals surface area contributed by atoms with E-state index < -0.39 is 10.0 Å². The van der Waals surface area contributed by atoms with Gasteiger partial charge in [-0.25, -0.2) is 8.42 Å². The molecule has 1 saturated heterocycles. The number of unbranched alkanes of at least 4 members (excludes halogenated alkanes) is 7. The number of nitrogens with zero attached hydrogens (tertiary/aromatic N) is 1. The second kappa shape index (κ2) is 11.6. The quantitative estimate of drug-likeness (QED) is 0.457. The van der Waals surface area contributed by atoms with E-state index in [1.807, 2.05) is 0 Å². The van der Waals surface area contributed by atoms with Crippen LogP contribution in [0, 0.1) is 0 Å². The number of ether oxygens (including phenoxy) is 1. The van der Waals surface area contributed by atoms with Crippen LogP contribution in [0.1, 0.15) is 77.6 Å². The Morgan fingerprint density at radius 1 is 0.846 bits per heavy atom. The molecular formula is C21H35NO3S. The lowest BCUT2D eigenvalue weighted by Gasteiger charge is -2.25. The van der Waals surface area contributed by atoms with Crippen molar-refractivity contribution in [1.82, 2.24) is 4.31 Å². The van der Waals surface area contributed by atoms with Gasteiger partial charge in [-0.3, -0.25) is 0 Å². The van der Waals surface area contributed by atoms with Crippen LogP contribution in [0.2, 0.25) is 0 Å². The van der Waals surface area contributed by atoms with Gasteiger partial charge in [0.05, 0.1) is 11.5 Å². The first-order valence-corrected chi connectivity index (χ1v) is 11.8. The molecule has 0 amide bonds. The maximum absolute atomic E-state index is 12.6. The average molecular weight is 382 g/mol. The maximum Gasteiger partial charge on any atom is 0.243 e. The molecule has 0 aromatic heterocycles. The van der Waals surface area contributed by atoms with Gasteiger partial charge in [-0.2, -0.15) is 4.31 Å². The summed E-state index contributed by atoms with van der Waals surface area (Å²) in [7, 11) is -3.34. The fourth-order valence-electron chi connectivity index (χ4n) is 3.39. The Bertz CT molecular complexity index is 592. The molecule has 0 bridgehead atoms. The number of rotatable bonds is 12. The van der Waals surface area contributed by atoms with Gasteiger partial charge in [-0.15, -0.1) is 0 Å². The van der Waals surface area contributed by atoms with Crippen LogP contribution in [0.4, 0.5) is 0 Å². The SMILES string of the molecule is CCCCCCCCCCOc1ccc(S(=O)(=O)N2CCCCC2)cc1. The molecule has 0 spiro atoms. The number of sulfonamides is 1. The predicted octanol–water partition coefficient (Wildman–Crippen LogP) is 5.38. The Balaban J connectivity index is 1.67. The maximum atomic E-state index is 12.6. The van der Waals surface area contributed by atoms with Crippen LogP contribution in [-0.2, 0) is 10.0 Å². The Morgan fingerprint density at radius 3 is 2.04 bits per heavy atom. The van der Waals surface area contributed by atoms with Crippen LogP contribution in [-0.4, -0.2) is 32.4 Å². The van der Waals surface area contributed by atoms with E-state index in [4.69, 9.17) is 4.74 Å². The highest BCUT2D eigenvalue weighted by molar-refractivity contribution is 7.89. The van der Waals surface area contributed by atoms with Crippen molar-refractivity contribution in [3.63, 3.8) is 0 Å². The third-order valence-corrected chi connectivity index (χ3v) is 6.96. The first kappa shape index (κ1) is 21.2. The fraction of sp³-hybridized carbons (Fsp3) is 0.714. The second-order valence-electron chi connectivity index (χ2n) is 7.26. The summed E-state index contributed by atoms with van der Waals surface area (Å²) in [5, 5.41) is 0. The fourth-order valence-corrected chi connectivity index (χ4v) is 4.91. The zero-order chi connectivity index (χ0) is 18.7. The molecule has 1 aromatic carbocycles. The van der Waals surface area contributed by atoms with Gasteiger partial charge in [-0.1, -0.05) is 58.3 Å². The summed E-state index contributed by atoms with van der Waals surface area (Å²) >= 11 is 0. The van der Waals surface area contributed by atoms with Gasteiger partial charge in [0.1, 0.15) is 5.75 Å². The molecular weight excluding hydrogens is 346 g/mol. The molecule has 0 aliphatic carbocycles. The summed E-state index contributed by atoms with van der Waals surface area (Å²) in [6.45, 7) is 4.22. The first-order chi connectivity index (χ1) is 12.6. The van der Waals surface area contributed by atoms with Crippen molar-refractivity contribution in [3.8, 4) is 5.75 Å². The van der Waals surface area contributed by atoms with Crippen molar-refractivity contribution in [1.29, 1.82) is 0 Å². The van der Waals surface area contributed by atoms with Crippen molar-refractivity contribution in [3.05, 3.63) is 24.3 Å². The van der Waals surface area contributed by atoms with E-state index >= 15 is 0 Å². The molecule has 2 rings (SSSR count). The smallest absolute Gasteiger partial charge is 0.243 e. The molecule has 1 aliphatic rings. The molecule has 1 heterocycles. The lowest BCUT2D eigenvalue weighted by atomic mass is 10.1. The third-order valence-electron chi connectivity index (χ3n) is 5.04. The number of hydrogen-bond donors (Lipinski definition) is 0. The summed E-state index contributed by atoms with van der Waals surface area (Å²) in [5.74, 6) is 0.755. The monoisotopic (exact) mass is 381 g/mol. The Labute approximate surface area is 160 Å². The van der Waals surface area contributed by atoms with Crippen molar-refractivity contribution in [2.24, 2.45) is 0 Å². The molecule has 1 fully saturated rings. The minimum atomic E-state index is -3.34. The van der Waals surface area contributed by atoms with Gasteiger partial charge in [-0.05, 0) is 43.5 Å². The van der Waals surface area contributed by atoms with Gasteiger partial charge in [0.15, 0.2) is 0 Å². The molecule has 0 radical (unpaired) electrons. The summed E-state index contributed by atoms with van der Waals surface area (Å²) in [5.41, 5.74) is 0. The molecule has 1 aliphatic heterocycles. The molecule has 0 N–H and O–H groups in total. The van der Waals surface area contributed by atoms with Crippen LogP contribution in [0.5, 0.6) is 5.75 Å². The lowest BCUT2D eigenvalue weighted by molar-refractivity contribution is 0.304. The van der Waals surface area contributed by atoms with E-state index in [9.17, 15) is 8.42 Å². The molecule has 4 nitrogen and oxygen atoms in total. The molecule has 148 valence electrons. The van der Waals surface area contributed by atoms with Crippen molar-refractivity contribution < 1.29 is 13.2 Å². The van der Waals surface area contributed by atoms with E-state index in [1.54, 1.807) is 28.6 Å². The van der Waals surface area contributed by atoms with Crippen LogP contribution in [0.15, 0.2) is 29.2 Å². The van der Waals surface area contributed by atoms with Crippen LogP contribution >= 0.6 is 0 Å². The topological polar surface area (TPSA) is 46.6 Å². The summed E-state index contributed by atoms with van der Waals surface area (Å²) in [6.07, 6.45) is 13.3. The normalized spacial score (nSPS) is 15.9. The van der Waals surface area contributed by atoms with E-state index in [2.05, 4.69) is 6.92 Å². The number of benzene rings is 1. The Kier molecular flexibility index (Phi) is 9.48. The highest BCUT2D eigenvalue weighted by Crippen LogP contribution is 2.22. The average Bonchev–Trinajstić information content (AvgIpc) is 2.68. The Morgan fingerprint density at radius 2 is 1.42 bits per heavy atom. The molecule has 5 heteroatoms. The summed E-state index contributed by atoms with van der Waals surface area (Å²) in [4.78, 5) is 0.374. The van der Waals surface area contributed by atoms with Gasteiger partial charge in [0, 0.05) is 13.1 Å². The van der Waals surface area contributed by atoms with Gasteiger partial charge in [0.2, 0.25) is 10.0 Å². The van der Waals surface area contributed by atoms with Crippen LogP contribution in [0.3, 0.4) is 0 Å². The minimum absolute atomic E-state index is 0.374. The molecule has 0 atom stereocenters. The molecule has 1 aromatic rings. The zero-order valence-corrected chi connectivity index (χ0v) is 17.1. The van der Waals surface area contributed by atoms with E-state index in [0.717, 1.165) is 31.4 Å². The van der Waals surface area contributed by atoms with Crippen LogP contribution < -0.4 is 4.74 Å². The summed E-state index contributed by atoms with van der Waals surface area (Å²) in [6, 6.07) is 6.91. The highest BCUT2D eigenvalue weighted by Gasteiger charge is 2.25. The van der Waals surface area contributed by atoms with E-state index in [0.29, 0.717) is 24.6 Å². The zero-order valence-electron chi connectivity index (χ0n) is 16.3. The highest BCUT2D eigenvalue weighted by atomic mass is 32.2. The first-order valence-electron chi connectivity index (χ1n) is 10.4. The number of piperidine rings is 1. The van der Waals surface area contributed by atoms with Gasteiger partial charge in [0.25, 0.3) is 0 Å². The third kappa shape index (κ3) is 6.92. The van der Waals surface area contributed by atoms with Gasteiger partial charge >= 0.3 is 0 Å². The van der Waals surface area contributed by atoms with Crippen LogP contribution in [0.25, 0.3) is 0 Å².